The summed E-state index contributed by atoms with van der Waals surface area (Å²) in [5.74, 6) is 0. The molecule has 3 N–H and O–H groups in total. The third-order valence-corrected chi connectivity index (χ3v) is 3.90. The zero-order valence-electron chi connectivity index (χ0n) is 11.5. The quantitative estimate of drug-likeness (QED) is 0.644. The zero-order chi connectivity index (χ0) is 13.4. The molecule has 0 aromatic heterocycles. The third kappa shape index (κ3) is 4.82. The first-order chi connectivity index (χ1) is 8.62. The number of ether oxygens (including phenoxy) is 1. The van der Waals surface area contributed by atoms with Crippen molar-refractivity contribution in [3.8, 4) is 0 Å². The highest BCUT2D eigenvalue weighted by Crippen LogP contribution is 2.40. The van der Waals surface area contributed by atoms with Gasteiger partial charge in [-0.25, -0.2) is 4.79 Å². The van der Waals surface area contributed by atoms with Crippen LogP contribution in [0.25, 0.3) is 0 Å². The number of hydrogen-bond donors (Lipinski definition) is 3. The fraction of sp³-hybridized carbons (Fsp3) is 0.923. The van der Waals surface area contributed by atoms with Crippen LogP contribution in [0, 0.1) is 5.41 Å². The van der Waals surface area contributed by atoms with Crippen molar-refractivity contribution >= 4 is 6.03 Å². The molecule has 0 spiro atoms. The first-order valence-electron chi connectivity index (χ1n) is 6.80. The normalized spacial score (nSPS) is 19.5. The first-order valence-corrected chi connectivity index (χ1v) is 6.80. The number of aliphatic hydroxyl groups is 1. The van der Waals surface area contributed by atoms with Crippen molar-refractivity contribution < 1.29 is 14.6 Å². The van der Waals surface area contributed by atoms with Gasteiger partial charge in [0.2, 0.25) is 0 Å². The highest BCUT2D eigenvalue weighted by molar-refractivity contribution is 5.73. The van der Waals surface area contributed by atoms with Gasteiger partial charge >= 0.3 is 6.03 Å². The highest BCUT2D eigenvalue weighted by atomic mass is 16.5. The van der Waals surface area contributed by atoms with Crippen LogP contribution < -0.4 is 10.6 Å². The molecule has 1 aliphatic rings. The second kappa shape index (κ2) is 7.59. The molecule has 1 unspecified atom stereocenters. The molecular formula is C13H26N2O3. The molecule has 106 valence electrons. The number of urea groups is 1. The van der Waals surface area contributed by atoms with E-state index in [1.54, 1.807) is 0 Å². The maximum Gasteiger partial charge on any atom is 0.314 e. The van der Waals surface area contributed by atoms with Gasteiger partial charge in [0.15, 0.2) is 0 Å². The summed E-state index contributed by atoms with van der Waals surface area (Å²) < 4.78 is 4.79. The lowest BCUT2D eigenvalue weighted by atomic mass is 9.83. The van der Waals surface area contributed by atoms with E-state index in [4.69, 9.17) is 4.74 Å². The molecule has 1 atom stereocenters. The van der Waals surface area contributed by atoms with Crippen LogP contribution in [0.2, 0.25) is 0 Å². The van der Waals surface area contributed by atoms with Crippen LogP contribution in [0.4, 0.5) is 4.79 Å². The van der Waals surface area contributed by atoms with E-state index in [9.17, 15) is 9.90 Å². The van der Waals surface area contributed by atoms with Gasteiger partial charge in [-0.2, -0.15) is 0 Å². The molecule has 0 aromatic rings. The molecular weight excluding hydrogens is 232 g/mol. The molecule has 0 aliphatic heterocycles. The minimum atomic E-state index is -0.646. The topological polar surface area (TPSA) is 70.6 Å². The molecule has 2 amide bonds. The molecule has 5 nitrogen and oxygen atoms in total. The van der Waals surface area contributed by atoms with Gasteiger partial charge < -0.3 is 20.5 Å². The van der Waals surface area contributed by atoms with E-state index in [0.717, 1.165) is 13.0 Å². The second-order valence-corrected chi connectivity index (χ2v) is 5.23. The number of carbonyl (C=O) groups excluding carboxylic acids is 1. The summed E-state index contributed by atoms with van der Waals surface area (Å²) in [5.41, 5.74) is 0.294. The molecule has 5 heteroatoms. The van der Waals surface area contributed by atoms with Crippen molar-refractivity contribution in [2.45, 2.75) is 45.1 Å². The Morgan fingerprint density at radius 3 is 2.61 bits per heavy atom. The van der Waals surface area contributed by atoms with E-state index in [1.165, 1.54) is 32.8 Å². The van der Waals surface area contributed by atoms with Crippen LogP contribution in [0.15, 0.2) is 0 Å². The van der Waals surface area contributed by atoms with Crippen LogP contribution in [0.1, 0.15) is 39.0 Å². The summed E-state index contributed by atoms with van der Waals surface area (Å²) in [7, 11) is 1.52. The van der Waals surface area contributed by atoms with Crippen molar-refractivity contribution in [3.05, 3.63) is 0 Å². The van der Waals surface area contributed by atoms with Crippen molar-refractivity contribution in [1.29, 1.82) is 0 Å². The molecule has 18 heavy (non-hydrogen) atoms. The smallest absolute Gasteiger partial charge is 0.314 e. The Bertz CT molecular complexity index is 253. The fourth-order valence-corrected chi connectivity index (χ4v) is 2.57. The average molecular weight is 258 g/mol. The average Bonchev–Trinajstić information content (AvgIpc) is 2.84. The number of carbonyl (C=O) groups is 1. The standard InChI is InChI=1S/C13H26N2O3/c1-3-13(6-4-5-7-13)10-15-12(17)14-8-11(16)9-18-2/h11,16H,3-10H2,1-2H3,(H2,14,15,17). The summed E-state index contributed by atoms with van der Waals surface area (Å²) in [5, 5.41) is 15.0. The molecule has 0 heterocycles. The van der Waals surface area contributed by atoms with Crippen LogP contribution in [-0.2, 0) is 4.74 Å². The van der Waals surface area contributed by atoms with E-state index in [1.807, 2.05) is 0 Å². The zero-order valence-corrected chi connectivity index (χ0v) is 11.5. The van der Waals surface area contributed by atoms with Gasteiger partial charge in [0, 0.05) is 20.2 Å². The second-order valence-electron chi connectivity index (χ2n) is 5.23. The number of rotatable bonds is 7. The summed E-state index contributed by atoms with van der Waals surface area (Å²) in [6.07, 6.45) is 5.41. The molecule has 0 radical (unpaired) electrons. The predicted molar refractivity (Wildman–Crippen MR) is 70.5 cm³/mol. The molecule has 0 aromatic carbocycles. The lowest BCUT2D eigenvalue weighted by molar-refractivity contribution is 0.0659. The van der Waals surface area contributed by atoms with E-state index in [0.29, 0.717) is 5.41 Å². The Kier molecular flexibility index (Phi) is 6.43. The van der Waals surface area contributed by atoms with Crippen molar-refractivity contribution in [2.75, 3.05) is 26.8 Å². The monoisotopic (exact) mass is 258 g/mol. The van der Waals surface area contributed by atoms with Gasteiger partial charge in [0.1, 0.15) is 0 Å². The fourth-order valence-electron chi connectivity index (χ4n) is 2.57. The van der Waals surface area contributed by atoms with E-state index in [-0.39, 0.29) is 19.2 Å². The van der Waals surface area contributed by atoms with Crippen molar-refractivity contribution in [2.24, 2.45) is 5.41 Å². The molecule has 0 saturated heterocycles. The first kappa shape index (κ1) is 15.2. The van der Waals surface area contributed by atoms with Gasteiger partial charge in [-0.3, -0.25) is 0 Å². The van der Waals surface area contributed by atoms with Gasteiger partial charge in [-0.05, 0) is 24.7 Å². The summed E-state index contributed by atoms with van der Waals surface area (Å²) >= 11 is 0. The SMILES string of the molecule is CCC1(CNC(=O)NCC(O)COC)CCCC1. The van der Waals surface area contributed by atoms with Crippen LogP contribution in [0.3, 0.4) is 0 Å². The predicted octanol–water partition coefficient (Wildman–Crippen LogP) is 1.26. The number of amides is 2. The van der Waals surface area contributed by atoms with Gasteiger partial charge in [-0.15, -0.1) is 0 Å². The van der Waals surface area contributed by atoms with E-state index >= 15 is 0 Å². The van der Waals surface area contributed by atoms with Crippen LogP contribution in [0.5, 0.6) is 0 Å². The van der Waals surface area contributed by atoms with Crippen LogP contribution >= 0.6 is 0 Å². The van der Waals surface area contributed by atoms with Crippen LogP contribution in [-0.4, -0.2) is 44.0 Å². The summed E-state index contributed by atoms with van der Waals surface area (Å²) in [6.45, 7) is 3.38. The van der Waals surface area contributed by atoms with E-state index < -0.39 is 6.10 Å². The van der Waals surface area contributed by atoms with Gasteiger partial charge in [0.05, 0.1) is 12.7 Å². The lowest BCUT2D eigenvalue weighted by Crippen LogP contribution is -2.44. The molecule has 1 aliphatic carbocycles. The highest BCUT2D eigenvalue weighted by Gasteiger charge is 2.32. The molecule has 1 saturated carbocycles. The lowest BCUT2D eigenvalue weighted by Gasteiger charge is -2.27. The Balaban J connectivity index is 2.20. The van der Waals surface area contributed by atoms with Crippen molar-refractivity contribution in [1.82, 2.24) is 10.6 Å². The molecule has 0 bridgehead atoms. The summed E-state index contributed by atoms with van der Waals surface area (Å²) in [4.78, 5) is 11.6. The Morgan fingerprint density at radius 2 is 2.06 bits per heavy atom. The Hall–Kier alpha value is -0.810. The number of nitrogens with one attached hydrogen (secondary N) is 2. The Morgan fingerprint density at radius 1 is 1.39 bits per heavy atom. The largest absolute Gasteiger partial charge is 0.389 e. The number of hydrogen-bond acceptors (Lipinski definition) is 3. The van der Waals surface area contributed by atoms with Crippen molar-refractivity contribution in [3.63, 3.8) is 0 Å². The minimum Gasteiger partial charge on any atom is -0.389 e. The third-order valence-electron chi connectivity index (χ3n) is 3.90. The number of aliphatic hydroxyl groups excluding tert-OH is 1. The van der Waals surface area contributed by atoms with E-state index in [2.05, 4.69) is 17.6 Å². The van der Waals surface area contributed by atoms with Gasteiger partial charge in [0.25, 0.3) is 0 Å². The maximum absolute atomic E-state index is 11.6. The minimum absolute atomic E-state index is 0.204. The molecule has 1 fully saturated rings. The summed E-state index contributed by atoms with van der Waals surface area (Å²) in [6, 6.07) is -0.204. The maximum atomic E-state index is 11.6. The molecule has 1 rings (SSSR count). The van der Waals surface area contributed by atoms with Gasteiger partial charge in [-0.1, -0.05) is 19.8 Å². The number of methoxy groups -OCH3 is 1. The Labute approximate surface area is 109 Å².